The van der Waals surface area contributed by atoms with E-state index in [-0.39, 0.29) is 6.61 Å². The second kappa shape index (κ2) is 4.37. The van der Waals surface area contributed by atoms with E-state index in [0.717, 1.165) is 28.2 Å². The molecule has 3 aromatic rings. The molecule has 0 amide bonds. The highest BCUT2D eigenvalue weighted by atomic mass is 16.3. The van der Waals surface area contributed by atoms with Gasteiger partial charge in [0.1, 0.15) is 5.82 Å². The van der Waals surface area contributed by atoms with Crippen molar-refractivity contribution in [2.45, 2.75) is 13.5 Å². The maximum absolute atomic E-state index is 9.22. The second-order valence-corrected chi connectivity index (χ2v) is 4.48. The van der Waals surface area contributed by atoms with Gasteiger partial charge in [-0.2, -0.15) is 5.10 Å². The van der Waals surface area contributed by atoms with Gasteiger partial charge in [0.05, 0.1) is 18.0 Å². The lowest BCUT2D eigenvalue weighted by Crippen LogP contribution is -2.00. The second-order valence-electron chi connectivity index (χ2n) is 4.48. The van der Waals surface area contributed by atoms with Crippen molar-refractivity contribution in [3.05, 3.63) is 47.7 Å². The molecule has 0 spiro atoms. The highest BCUT2D eigenvalue weighted by Crippen LogP contribution is 2.23. The highest BCUT2D eigenvalue weighted by molar-refractivity contribution is 5.66. The number of rotatable bonds is 2. The minimum atomic E-state index is 0.00961. The summed E-state index contributed by atoms with van der Waals surface area (Å²) in [5.74, 6) is 0.455. The normalized spacial score (nSPS) is 11.1. The number of nitrogens with two attached hydrogens (primary N) is 1. The molecular formula is C14H14N4O. The Morgan fingerprint density at radius 3 is 2.89 bits per heavy atom. The molecule has 19 heavy (non-hydrogen) atoms. The van der Waals surface area contributed by atoms with E-state index in [0.29, 0.717) is 5.82 Å². The van der Waals surface area contributed by atoms with Crippen LogP contribution in [0.4, 0.5) is 5.82 Å². The lowest BCUT2D eigenvalue weighted by molar-refractivity contribution is 0.282. The smallest absolute Gasteiger partial charge is 0.158 e. The molecule has 0 unspecified atom stereocenters. The maximum Gasteiger partial charge on any atom is 0.158 e. The van der Waals surface area contributed by atoms with Crippen LogP contribution in [0, 0.1) is 6.92 Å². The number of nitrogens with zero attached hydrogens (tertiary/aromatic N) is 3. The number of hydrogen-bond acceptors (Lipinski definition) is 4. The van der Waals surface area contributed by atoms with Gasteiger partial charge in [-0.3, -0.25) is 0 Å². The van der Waals surface area contributed by atoms with Crippen LogP contribution in [0.25, 0.3) is 16.9 Å². The van der Waals surface area contributed by atoms with Crippen molar-refractivity contribution in [2.24, 2.45) is 0 Å². The van der Waals surface area contributed by atoms with Crippen molar-refractivity contribution < 1.29 is 5.11 Å². The van der Waals surface area contributed by atoms with Crippen LogP contribution in [0.1, 0.15) is 11.3 Å². The van der Waals surface area contributed by atoms with Gasteiger partial charge in [0.25, 0.3) is 0 Å². The van der Waals surface area contributed by atoms with Crippen molar-refractivity contribution in [1.29, 1.82) is 0 Å². The third-order valence-electron chi connectivity index (χ3n) is 2.97. The molecule has 1 aromatic carbocycles. The first-order chi connectivity index (χ1) is 9.17. The first kappa shape index (κ1) is 11.7. The van der Waals surface area contributed by atoms with Crippen molar-refractivity contribution in [3.63, 3.8) is 0 Å². The average Bonchev–Trinajstić information content (AvgIpc) is 2.78. The number of aliphatic hydroxyl groups is 1. The van der Waals surface area contributed by atoms with Gasteiger partial charge in [-0.05, 0) is 18.6 Å². The molecule has 0 saturated carbocycles. The van der Waals surface area contributed by atoms with Gasteiger partial charge in [0.15, 0.2) is 5.65 Å². The Kier molecular flexibility index (Phi) is 2.68. The van der Waals surface area contributed by atoms with Gasteiger partial charge in [-0.1, -0.05) is 18.2 Å². The topological polar surface area (TPSA) is 76.4 Å². The van der Waals surface area contributed by atoms with E-state index in [1.165, 1.54) is 0 Å². The zero-order chi connectivity index (χ0) is 13.4. The Hall–Kier alpha value is -2.40. The summed E-state index contributed by atoms with van der Waals surface area (Å²) < 4.78 is 1.77. The third-order valence-corrected chi connectivity index (χ3v) is 2.97. The monoisotopic (exact) mass is 254 g/mol. The number of benzene rings is 1. The number of hydrogen-bond donors (Lipinski definition) is 2. The van der Waals surface area contributed by atoms with E-state index in [9.17, 15) is 5.11 Å². The van der Waals surface area contributed by atoms with Crippen LogP contribution in [0.15, 0.2) is 36.4 Å². The van der Waals surface area contributed by atoms with Crippen LogP contribution >= 0.6 is 0 Å². The lowest BCUT2D eigenvalue weighted by Gasteiger charge is -2.07. The number of fused-ring (bicyclic) bond motifs is 1. The van der Waals surface area contributed by atoms with Gasteiger partial charge in [-0.15, -0.1) is 0 Å². The zero-order valence-corrected chi connectivity index (χ0v) is 10.5. The summed E-state index contributed by atoms with van der Waals surface area (Å²) >= 11 is 0. The minimum Gasteiger partial charge on any atom is -0.392 e. The fraction of sp³-hybridized carbons (Fsp3) is 0.143. The predicted molar refractivity (Wildman–Crippen MR) is 73.5 cm³/mol. The molecule has 0 bridgehead atoms. The molecule has 3 N–H and O–H groups in total. The predicted octanol–water partition coefficient (Wildman–Crippen LogP) is 1.78. The summed E-state index contributed by atoms with van der Waals surface area (Å²) in [6.07, 6.45) is 0. The van der Waals surface area contributed by atoms with Crippen molar-refractivity contribution in [2.75, 3.05) is 5.73 Å². The summed E-state index contributed by atoms with van der Waals surface area (Å²) in [5, 5.41) is 13.6. The summed E-state index contributed by atoms with van der Waals surface area (Å²) in [7, 11) is 0. The van der Waals surface area contributed by atoms with E-state index in [4.69, 9.17) is 5.73 Å². The van der Waals surface area contributed by atoms with Crippen LogP contribution in [0.3, 0.4) is 0 Å². The molecule has 0 fully saturated rings. The van der Waals surface area contributed by atoms with Crippen LogP contribution in [0.5, 0.6) is 0 Å². The molecule has 5 heteroatoms. The highest BCUT2D eigenvalue weighted by Gasteiger charge is 2.09. The van der Waals surface area contributed by atoms with Gasteiger partial charge in [-0.25, -0.2) is 9.50 Å². The van der Waals surface area contributed by atoms with E-state index in [2.05, 4.69) is 10.1 Å². The maximum atomic E-state index is 9.22. The molecule has 0 aliphatic carbocycles. The van der Waals surface area contributed by atoms with Gasteiger partial charge in [0, 0.05) is 17.7 Å². The number of aromatic nitrogens is 3. The van der Waals surface area contributed by atoms with Crippen LogP contribution in [0.2, 0.25) is 0 Å². The minimum absolute atomic E-state index is 0.00961. The third kappa shape index (κ3) is 2.04. The number of aliphatic hydroxyl groups excluding tert-OH is 1. The van der Waals surface area contributed by atoms with E-state index < -0.39 is 0 Å². The Labute approximate surface area is 110 Å². The molecule has 2 heterocycles. The largest absolute Gasteiger partial charge is 0.392 e. The fourth-order valence-corrected chi connectivity index (χ4v) is 2.14. The van der Waals surface area contributed by atoms with Gasteiger partial charge < -0.3 is 10.8 Å². The molecule has 5 nitrogen and oxygen atoms in total. The standard InChI is InChI=1S/C14H14N4O/c1-9-5-14-16-13(15)7-12(18(14)17-9)11-4-2-3-10(6-11)8-19/h2-7,19H,8H2,1H3,(H2,15,16). The molecule has 0 aliphatic heterocycles. The van der Waals surface area contributed by atoms with Crippen molar-refractivity contribution >= 4 is 11.5 Å². The first-order valence-corrected chi connectivity index (χ1v) is 6.00. The molecule has 0 aliphatic rings. The number of nitrogen functional groups attached to an aromatic ring is 1. The van der Waals surface area contributed by atoms with E-state index >= 15 is 0 Å². The van der Waals surface area contributed by atoms with E-state index in [1.807, 2.05) is 37.3 Å². The fourth-order valence-electron chi connectivity index (χ4n) is 2.14. The summed E-state index contributed by atoms with van der Waals surface area (Å²) in [4.78, 5) is 4.25. The lowest BCUT2D eigenvalue weighted by atomic mass is 10.1. The molecule has 0 radical (unpaired) electrons. The molecule has 96 valence electrons. The Morgan fingerprint density at radius 2 is 2.11 bits per heavy atom. The van der Waals surface area contributed by atoms with Gasteiger partial charge in [0.2, 0.25) is 0 Å². The zero-order valence-electron chi connectivity index (χ0n) is 10.5. The van der Waals surface area contributed by atoms with Crippen molar-refractivity contribution in [1.82, 2.24) is 14.6 Å². The SMILES string of the molecule is Cc1cc2nc(N)cc(-c3cccc(CO)c3)n2n1. The summed E-state index contributed by atoms with van der Waals surface area (Å²) in [6.45, 7) is 1.93. The quantitative estimate of drug-likeness (QED) is 0.730. The molecule has 2 aromatic heterocycles. The average molecular weight is 254 g/mol. The first-order valence-electron chi connectivity index (χ1n) is 6.00. The molecular weight excluding hydrogens is 240 g/mol. The molecule has 0 atom stereocenters. The van der Waals surface area contributed by atoms with Crippen molar-refractivity contribution in [3.8, 4) is 11.3 Å². The van der Waals surface area contributed by atoms with Gasteiger partial charge >= 0.3 is 0 Å². The molecule has 0 saturated heterocycles. The molecule has 3 rings (SSSR count). The summed E-state index contributed by atoms with van der Waals surface area (Å²) in [5.41, 5.74) is 10.1. The number of anilines is 1. The van der Waals surface area contributed by atoms with Crippen LogP contribution in [-0.2, 0) is 6.61 Å². The Bertz CT molecular complexity index is 748. The summed E-state index contributed by atoms with van der Waals surface area (Å²) in [6, 6.07) is 11.3. The van der Waals surface area contributed by atoms with Crippen LogP contribution < -0.4 is 5.73 Å². The van der Waals surface area contributed by atoms with Crippen LogP contribution in [-0.4, -0.2) is 19.7 Å². The number of aryl methyl sites for hydroxylation is 1. The Balaban J connectivity index is 2.28. The Morgan fingerprint density at radius 1 is 1.26 bits per heavy atom. The van der Waals surface area contributed by atoms with E-state index in [1.54, 1.807) is 10.6 Å².